The number of carbonyl (C=O) groups is 1. The molecule has 1 aromatic heterocycles. The Morgan fingerprint density at radius 3 is 2.58 bits per heavy atom. The number of carbonyl (C=O) groups excluding carboxylic acids is 1. The molecule has 0 N–H and O–H groups in total. The van der Waals surface area contributed by atoms with Crippen LogP contribution in [0.4, 0.5) is 0 Å². The summed E-state index contributed by atoms with van der Waals surface area (Å²) in [6.45, 7) is 7.54. The molecule has 0 atom stereocenters. The second-order valence-electron chi connectivity index (χ2n) is 4.91. The average molecular weight is 254 g/mol. The number of ketones is 1. The Labute approximate surface area is 113 Å². The number of furan rings is 1. The van der Waals surface area contributed by atoms with Crippen molar-refractivity contribution in [3.63, 3.8) is 0 Å². The number of hydrogen-bond donors (Lipinski definition) is 0. The van der Waals surface area contributed by atoms with Crippen molar-refractivity contribution in [1.29, 1.82) is 0 Å². The Morgan fingerprint density at radius 2 is 1.95 bits per heavy atom. The van der Waals surface area contributed by atoms with E-state index in [0.717, 1.165) is 28.2 Å². The fourth-order valence-electron chi connectivity index (χ4n) is 2.05. The normalized spacial score (nSPS) is 10.4. The standard InChI is InChI=1S/C17H18O2/c1-12(2)9-16(18)10-15-11-17(19-13(15)3)14-7-5-4-6-8-14/h4-8,11H,1,9-10H2,2-3H3. The van der Waals surface area contributed by atoms with E-state index in [9.17, 15) is 4.79 Å². The van der Waals surface area contributed by atoms with E-state index in [0.29, 0.717) is 12.8 Å². The molecule has 0 aliphatic carbocycles. The van der Waals surface area contributed by atoms with Crippen LogP contribution in [-0.4, -0.2) is 5.78 Å². The third-order valence-corrected chi connectivity index (χ3v) is 2.97. The lowest BCUT2D eigenvalue weighted by atomic mass is 10.0. The molecule has 2 aromatic rings. The molecule has 0 aliphatic rings. The highest BCUT2D eigenvalue weighted by Gasteiger charge is 2.12. The zero-order valence-electron chi connectivity index (χ0n) is 11.4. The minimum Gasteiger partial charge on any atom is -0.461 e. The van der Waals surface area contributed by atoms with Crippen LogP contribution in [0.1, 0.15) is 24.7 Å². The van der Waals surface area contributed by atoms with E-state index in [1.807, 2.05) is 50.2 Å². The lowest BCUT2D eigenvalue weighted by Gasteiger charge is -1.98. The van der Waals surface area contributed by atoms with E-state index in [-0.39, 0.29) is 5.78 Å². The molecule has 2 nitrogen and oxygen atoms in total. The fourth-order valence-corrected chi connectivity index (χ4v) is 2.05. The number of rotatable bonds is 5. The van der Waals surface area contributed by atoms with Gasteiger partial charge in [-0.25, -0.2) is 0 Å². The SMILES string of the molecule is C=C(C)CC(=O)Cc1cc(-c2ccccc2)oc1C. The van der Waals surface area contributed by atoms with E-state index in [1.165, 1.54) is 0 Å². The van der Waals surface area contributed by atoms with E-state index in [4.69, 9.17) is 4.42 Å². The van der Waals surface area contributed by atoms with E-state index < -0.39 is 0 Å². The van der Waals surface area contributed by atoms with Gasteiger partial charge in [-0.05, 0) is 19.9 Å². The highest BCUT2D eigenvalue weighted by Crippen LogP contribution is 2.25. The summed E-state index contributed by atoms with van der Waals surface area (Å²) in [6.07, 6.45) is 0.848. The zero-order valence-corrected chi connectivity index (χ0v) is 11.4. The molecule has 98 valence electrons. The van der Waals surface area contributed by atoms with Crippen LogP contribution in [-0.2, 0) is 11.2 Å². The molecule has 0 spiro atoms. The average Bonchev–Trinajstić information content (AvgIpc) is 2.71. The van der Waals surface area contributed by atoms with Crippen molar-refractivity contribution in [2.24, 2.45) is 0 Å². The lowest BCUT2D eigenvalue weighted by molar-refractivity contribution is -0.117. The van der Waals surface area contributed by atoms with Crippen molar-refractivity contribution >= 4 is 5.78 Å². The molecular weight excluding hydrogens is 236 g/mol. The third-order valence-electron chi connectivity index (χ3n) is 2.97. The summed E-state index contributed by atoms with van der Waals surface area (Å²) in [5.74, 6) is 1.81. The minimum absolute atomic E-state index is 0.177. The molecule has 0 amide bonds. The number of aryl methyl sites for hydroxylation is 1. The van der Waals surface area contributed by atoms with Gasteiger partial charge in [-0.2, -0.15) is 0 Å². The number of allylic oxidation sites excluding steroid dienone is 1. The zero-order chi connectivity index (χ0) is 13.8. The van der Waals surface area contributed by atoms with Crippen LogP contribution in [0.5, 0.6) is 0 Å². The summed E-state index contributed by atoms with van der Waals surface area (Å²) < 4.78 is 5.73. The molecule has 2 heteroatoms. The monoisotopic (exact) mass is 254 g/mol. The molecule has 0 unspecified atom stereocenters. The van der Waals surface area contributed by atoms with Crippen LogP contribution in [0, 0.1) is 6.92 Å². The maximum atomic E-state index is 11.8. The highest BCUT2D eigenvalue weighted by atomic mass is 16.3. The van der Waals surface area contributed by atoms with E-state index in [1.54, 1.807) is 0 Å². The van der Waals surface area contributed by atoms with Gasteiger partial charge in [0.1, 0.15) is 17.3 Å². The maximum absolute atomic E-state index is 11.8. The second-order valence-corrected chi connectivity index (χ2v) is 4.91. The first-order chi connectivity index (χ1) is 9.06. The third kappa shape index (κ3) is 3.44. The van der Waals surface area contributed by atoms with Crippen LogP contribution in [0.3, 0.4) is 0 Å². The Hall–Kier alpha value is -2.09. The van der Waals surface area contributed by atoms with Crippen LogP contribution in [0.15, 0.2) is 53.0 Å². The van der Waals surface area contributed by atoms with Gasteiger partial charge in [-0.3, -0.25) is 4.79 Å². The van der Waals surface area contributed by atoms with Gasteiger partial charge >= 0.3 is 0 Å². The van der Waals surface area contributed by atoms with Crippen LogP contribution in [0.2, 0.25) is 0 Å². The number of Topliss-reactive ketones (excluding diaryl/α,β-unsaturated/α-hetero) is 1. The summed E-state index contributed by atoms with van der Waals surface area (Å²) in [6, 6.07) is 11.9. The van der Waals surface area contributed by atoms with Crippen molar-refractivity contribution in [1.82, 2.24) is 0 Å². The van der Waals surface area contributed by atoms with Crippen LogP contribution >= 0.6 is 0 Å². The molecule has 0 saturated heterocycles. The summed E-state index contributed by atoms with van der Waals surface area (Å²) >= 11 is 0. The molecule has 1 heterocycles. The van der Waals surface area contributed by atoms with Gasteiger partial charge in [0.15, 0.2) is 0 Å². The predicted octanol–water partition coefficient (Wildman–Crippen LogP) is 4.33. The van der Waals surface area contributed by atoms with E-state index >= 15 is 0 Å². The van der Waals surface area contributed by atoms with Gasteiger partial charge in [0.05, 0.1) is 0 Å². The molecule has 0 fully saturated rings. The summed E-state index contributed by atoms with van der Waals surface area (Å²) in [5, 5.41) is 0. The van der Waals surface area contributed by atoms with Gasteiger partial charge in [-0.15, -0.1) is 0 Å². The molecular formula is C17H18O2. The number of hydrogen-bond acceptors (Lipinski definition) is 2. The summed E-state index contributed by atoms with van der Waals surface area (Å²) in [7, 11) is 0. The molecule has 0 radical (unpaired) electrons. The van der Waals surface area contributed by atoms with Crippen molar-refractivity contribution in [2.45, 2.75) is 26.7 Å². The summed E-state index contributed by atoms with van der Waals surface area (Å²) in [4.78, 5) is 11.8. The fraction of sp³-hybridized carbons (Fsp3) is 0.235. The van der Waals surface area contributed by atoms with Crippen molar-refractivity contribution in [3.8, 4) is 11.3 Å². The largest absolute Gasteiger partial charge is 0.461 e. The first-order valence-corrected chi connectivity index (χ1v) is 6.37. The van der Waals surface area contributed by atoms with E-state index in [2.05, 4.69) is 6.58 Å². The smallest absolute Gasteiger partial charge is 0.141 e. The van der Waals surface area contributed by atoms with Crippen LogP contribution in [0.25, 0.3) is 11.3 Å². The van der Waals surface area contributed by atoms with Crippen molar-refractivity contribution in [2.75, 3.05) is 0 Å². The molecule has 2 rings (SSSR count). The predicted molar refractivity (Wildman–Crippen MR) is 77.0 cm³/mol. The quantitative estimate of drug-likeness (QED) is 0.743. The Balaban J connectivity index is 2.18. The Kier molecular flexibility index (Phi) is 4.00. The molecule has 0 bridgehead atoms. The van der Waals surface area contributed by atoms with Gasteiger partial charge < -0.3 is 4.42 Å². The van der Waals surface area contributed by atoms with Crippen LogP contribution < -0.4 is 0 Å². The van der Waals surface area contributed by atoms with Gasteiger partial charge in [0, 0.05) is 24.0 Å². The van der Waals surface area contributed by atoms with Gasteiger partial charge in [0.2, 0.25) is 0 Å². The van der Waals surface area contributed by atoms with Crippen molar-refractivity contribution in [3.05, 3.63) is 59.9 Å². The summed E-state index contributed by atoms with van der Waals surface area (Å²) in [5.41, 5.74) is 2.89. The maximum Gasteiger partial charge on any atom is 0.141 e. The Bertz CT molecular complexity index is 591. The minimum atomic E-state index is 0.177. The first-order valence-electron chi connectivity index (χ1n) is 6.37. The van der Waals surface area contributed by atoms with Gasteiger partial charge in [-0.1, -0.05) is 42.5 Å². The molecule has 1 aromatic carbocycles. The topological polar surface area (TPSA) is 30.2 Å². The Morgan fingerprint density at radius 1 is 1.26 bits per heavy atom. The highest BCUT2D eigenvalue weighted by molar-refractivity contribution is 5.83. The van der Waals surface area contributed by atoms with Crippen molar-refractivity contribution < 1.29 is 9.21 Å². The molecule has 0 aliphatic heterocycles. The second kappa shape index (κ2) is 5.70. The molecule has 0 saturated carbocycles. The first kappa shape index (κ1) is 13.3. The number of benzene rings is 1. The van der Waals surface area contributed by atoms with Gasteiger partial charge in [0.25, 0.3) is 0 Å². The lowest BCUT2D eigenvalue weighted by Crippen LogP contribution is -2.02. The molecule has 19 heavy (non-hydrogen) atoms.